The first-order valence-corrected chi connectivity index (χ1v) is 6.54. The molecule has 0 amide bonds. The van der Waals surface area contributed by atoms with Gasteiger partial charge in [-0.2, -0.15) is 0 Å². The Kier molecular flexibility index (Phi) is 3.87. The fourth-order valence-electron chi connectivity index (χ4n) is 2.68. The van der Waals surface area contributed by atoms with Gasteiger partial charge in [0.25, 0.3) is 0 Å². The Balaban J connectivity index is 1.80. The Hall–Kier alpha value is -0.980. The molecule has 1 heteroatoms. The molecule has 1 saturated carbocycles. The molecule has 1 aliphatic carbocycles. The van der Waals surface area contributed by atoms with Gasteiger partial charge in [-0.1, -0.05) is 37.5 Å². The van der Waals surface area contributed by atoms with Gasteiger partial charge in [0.1, 0.15) is 0 Å². The molecule has 16 heavy (non-hydrogen) atoms. The second-order valence-electron chi connectivity index (χ2n) is 5.38. The zero-order valence-corrected chi connectivity index (χ0v) is 10.5. The number of anilines is 1. The first kappa shape index (κ1) is 11.5. The van der Waals surface area contributed by atoms with E-state index in [2.05, 4.69) is 43.4 Å². The summed E-state index contributed by atoms with van der Waals surface area (Å²) in [5.41, 5.74) is 2.60. The van der Waals surface area contributed by atoms with Crippen LogP contribution in [0.1, 0.15) is 38.2 Å². The van der Waals surface area contributed by atoms with Crippen molar-refractivity contribution in [3.8, 4) is 0 Å². The molecule has 1 aliphatic rings. The van der Waals surface area contributed by atoms with Crippen molar-refractivity contribution in [1.29, 1.82) is 0 Å². The molecule has 2 atom stereocenters. The summed E-state index contributed by atoms with van der Waals surface area (Å²) in [6.45, 7) is 5.66. The zero-order valence-electron chi connectivity index (χ0n) is 10.5. The maximum Gasteiger partial charge on any atom is 0.0340 e. The lowest BCUT2D eigenvalue weighted by Crippen LogP contribution is -2.20. The van der Waals surface area contributed by atoms with Crippen LogP contribution in [0, 0.1) is 18.8 Å². The van der Waals surface area contributed by atoms with Gasteiger partial charge in [0.05, 0.1) is 0 Å². The van der Waals surface area contributed by atoms with E-state index in [9.17, 15) is 0 Å². The molecule has 2 unspecified atom stereocenters. The SMILES string of the molecule is Cc1ccc(NCC2CCCC(C)C2)cc1. The molecular weight excluding hydrogens is 194 g/mol. The van der Waals surface area contributed by atoms with Gasteiger partial charge in [0.2, 0.25) is 0 Å². The average Bonchev–Trinajstić information content (AvgIpc) is 2.28. The number of aryl methyl sites for hydroxylation is 1. The van der Waals surface area contributed by atoms with Crippen LogP contribution in [-0.2, 0) is 0 Å². The van der Waals surface area contributed by atoms with E-state index in [1.165, 1.54) is 36.9 Å². The van der Waals surface area contributed by atoms with E-state index >= 15 is 0 Å². The van der Waals surface area contributed by atoms with Crippen molar-refractivity contribution in [3.63, 3.8) is 0 Å². The summed E-state index contributed by atoms with van der Waals surface area (Å²) in [6.07, 6.45) is 5.66. The van der Waals surface area contributed by atoms with Gasteiger partial charge in [-0.3, -0.25) is 0 Å². The molecule has 0 saturated heterocycles. The smallest absolute Gasteiger partial charge is 0.0340 e. The summed E-state index contributed by atoms with van der Waals surface area (Å²) in [7, 11) is 0. The van der Waals surface area contributed by atoms with Crippen molar-refractivity contribution in [2.75, 3.05) is 11.9 Å². The lowest BCUT2D eigenvalue weighted by atomic mass is 9.82. The number of nitrogens with one attached hydrogen (secondary N) is 1. The predicted molar refractivity (Wildman–Crippen MR) is 70.8 cm³/mol. The van der Waals surface area contributed by atoms with Gasteiger partial charge in [0.15, 0.2) is 0 Å². The Morgan fingerprint density at radius 3 is 2.62 bits per heavy atom. The second kappa shape index (κ2) is 5.38. The van der Waals surface area contributed by atoms with E-state index in [0.717, 1.165) is 18.4 Å². The normalized spacial score (nSPS) is 25.4. The van der Waals surface area contributed by atoms with Crippen molar-refractivity contribution >= 4 is 5.69 Å². The van der Waals surface area contributed by atoms with E-state index < -0.39 is 0 Å². The Morgan fingerprint density at radius 2 is 1.94 bits per heavy atom. The summed E-state index contributed by atoms with van der Waals surface area (Å²) in [5.74, 6) is 1.81. The minimum absolute atomic E-state index is 0.880. The maximum atomic E-state index is 3.56. The Bertz CT molecular complexity index is 315. The minimum atomic E-state index is 0.880. The van der Waals surface area contributed by atoms with Crippen molar-refractivity contribution in [3.05, 3.63) is 29.8 Å². The Labute approximate surface area is 99.3 Å². The van der Waals surface area contributed by atoms with Gasteiger partial charge >= 0.3 is 0 Å². The summed E-state index contributed by atoms with van der Waals surface area (Å²) in [6, 6.07) is 8.71. The van der Waals surface area contributed by atoms with E-state index in [0.29, 0.717) is 0 Å². The summed E-state index contributed by atoms with van der Waals surface area (Å²) >= 11 is 0. The van der Waals surface area contributed by atoms with E-state index in [1.54, 1.807) is 0 Å². The number of benzene rings is 1. The fourth-order valence-corrected chi connectivity index (χ4v) is 2.68. The van der Waals surface area contributed by atoms with Crippen molar-refractivity contribution < 1.29 is 0 Å². The molecule has 1 aromatic rings. The van der Waals surface area contributed by atoms with Crippen LogP contribution >= 0.6 is 0 Å². The van der Waals surface area contributed by atoms with Crippen LogP contribution in [0.5, 0.6) is 0 Å². The van der Waals surface area contributed by atoms with Gasteiger partial charge in [-0.05, 0) is 43.7 Å². The molecule has 88 valence electrons. The monoisotopic (exact) mass is 217 g/mol. The van der Waals surface area contributed by atoms with Crippen molar-refractivity contribution in [1.82, 2.24) is 0 Å². The largest absolute Gasteiger partial charge is 0.385 e. The molecule has 1 fully saturated rings. The lowest BCUT2D eigenvalue weighted by molar-refractivity contribution is 0.293. The van der Waals surface area contributed by atoms with Gasteiger partial charge in [-0.15, -0.1) is 0 Å². The van der Waals surface area contributed by atoms with Gasteiger partial charge in [-0.25, -0.2) is 0 Å². The molecule has 1 nitrogen and oxygen atoms in total. The van der Waals surface area contributed by atoms with Crippen LogP contribution < -0.4 is 5.32 Å². The third-order valence-electron chi connectivity index (χ3n) is 3.69. The first-order chi connectivity index (χ1) is 7.74. The first-order valence-electron chi connectivity index (χ1n) is 6.54. The highest BCUT2D eigenvalue weighted by Crippen LogP contribution is 2.28. The summed E-state index contributed by atoms with van der Waals surface area (Å²) in [5, 5.41) is 3.56. The third-order valence-corrected chi connectivity index (χ3v) is 3.69. The molecule has 0 aromatic heterocycles. The number of hydrogen-bond donors (Lipinski definition) is 1. The van der Waals surface area contributed by atoms with Crippen molar-refractivity contribution in [2.24, 2.45) is 11.8 Å². The minimum Gasteiger partial charge on any atom is -0.385 e. The van der Waals surface area contributed by atoms with Crippen LogP contribution in [0.4, 0.5) is 5.69 Å². The highest BCUT2D eigenvalue weighted by atomic mass is 14.9. The molecule has 0 bridgehead atoms. The molecule has 2 rings (SSSR count). The molecule has 1 N–H and O–H groups in total. The van der Waals surface area contributed by atoms with Crippen LogP contribution in [0.3, 0.4) is 0 Å². The quantitative estimate of drug-likeness (QED) is 0.798. The average molecular weight is 217 g/mol. The van der Waals surface area contributed by atoms with Gasteiger partial charge in [0, 0.05) is 12.2 Å². The lowest BCUT2D eigenvalue weighted by Gasteiger charge is -2.27. The van der Waals surface area contributed by atoms with Crippen LogP contribution in [0.2, 0.25) is 0 Å². The Morgan fingerprint density at radius 1 is 1.19 bits per heavy atom. The fraction of sp³-hybridized carbons (Fsp3) is 0.600. The second-order valence-corrected chi connectivity index (χ2v) is 5.38. The van der Waals surface area contributed by atoms with Crippen LogP contribution in [-0.4, -0.2) is 6.54 Å². The molecule has 0 radical (unpaired) electrons. The topological polar surface area (TPSA) is 12.0 Å². The van der Waals surface area contributed by atoms with E-state index in [4.69, 9.17) is 0 Å². The number of hydrogen-bond acceptors (Lipinski definition) is 1. The maximum absolute atomic E-state index is 3.56. The van der Waals surface area contributed by atoms with Crippen LogP contribution in [0.25, 0.3) is 0 Å². The van der Waals surface area contributed by atoms with E-state index in [1.807, 2.05) is 0 Å². The highest BCUT2D eigenvalue weighted by molar-refractivity contribution is 5.44. The molecule has 0 spiro atoms. The van der Waals surface area contributed by atoms with Gasteiger partial charge < -0.3 is 5.32 Å². The third kappa shape index (κ3) is 3.26. The molecule has 1 aromatic carbocycles. The zero-order chi connectivity index (χ0) is 11.4. The van der Waals surface area contributed by atoms with E-state index in [-0.39, 0.29) is 0 Å². The molecular formula is C15H23N. The van der Waals surface area contributed by atoms with Crippen molar-refractivity contribution in [2.45, 2.75) is 39.5 Å². The standard InChI is InChI=1S/C15H23N/c1-12-6-8-15(9-7-12)16-11-14-5-3-4-13(2)10-14/h6-9,13-14,16H,3-5,10-11H2,1-2H3. The molecule has 0 heterocycles. The highest BCUT2D eigenvalue weighted by Gasteiger charge is 2.18. The predicted octanol–water partition coefficient (Wildman–Crippen LogP) is 4.23. The van der Waals surface area contributed by atoms with Crippen LogP contribution in [0.15, 0.2) is 24.3 Å². The summed E-state index contributed by atoms with van der Waals surface area (Å²) in [4.78, 5) is 0. The number of rotatable bonds is 3. The molecule has 0 aliphatic heterocycles. The summed E-state index contributed by atoms with van der Waals surface area (Å²) < 4.78 is 0.